The number of carboxylic acids is 1. The SMILES string of the molecule is CCCS[C@@H]1C[C@@H](c2ccc(C)cc2)N(S(=O)(=O)c2ccccc2C)C[C@H]1C(=O)O. The van der Waals surface area contributed by atoms with E-state index in [-0.39, 0.29) is 22.7 Å². The third kappa shape index (κ3) is 4.74. The molecular weight excluding hydrogens is 418 g/mol. The summed E-state index contributed by atoms with van der Waals surface area (Å²) in [5, 5.41) is 9.75. The molecule has 1 aliphatic heterocycles. The Morgan fingerprint density at radius 3 is 2.40 bits per heavy atom. The van der Waals surface area contributed by atoms with Crippen molar-refractivity contribution in [3.8, 4) is 0 Å². The predicted molar refractivity (Wildman–Crippen MR) is 121 cm³/mol. The second kappa shape index (κ2) is 9.54. The number of rotatable bonds is 7. The van der Waals surface area contributed by atoms with Gasteiger partial charge < -0.3 is 5.11 Å². The predicted octanol–water partition coefficient (Wildman–Crippen LogP) is 4.65. The van der Waals surface area contributed by atoms with Gasteiger partial charge in [-0.3, -0.25) is 4.79 Å². The van der Waals surface area contributed by atoms with Crippen molar-refractivity contribution in [1.29, 1.82) is 0 Å². The number of hydrogen-bond acceptors (Lipinski definition) is 4. The second-order valence-electron chi connectivity index (χ2n) is 7.86. The summed E-state index contributed by atoms with van der Waals surface area (Å²) in [6.07, 6.45) is 1.43. The maximum atomic E-state index is 13.7. The van der Waals surface area contributed by atoms with Crippen LogP contribution in [0.25, 0.3) is 0 Å². The fourth-order valence-corrected chi connectivity index (χ4v) is 7.13. The van der Waals surface area contributed by atoms with Crippen LogP contribution >= 0.6 is 11.8 Å². The van der Waals surface area contributed by atoms with Gasteiger partial charge in [-0.1, -0.05) is 55.0 Å². The van der Waals surface area contributed by atoms with Crippen molar-refractivity contribution in [2.75, 3.05) is 12.3 Å². The first kappa shape index (κ1) is 22.8. The molecule has 3 rings (SSSR count). The number of carbonyl (C=O) groups is 1. The maximum Gasteiger partial charge on any atom is 0.308 e. The Kier molecular flexibility index (Phi) is 7.26. The van der Waals surface area contributed by atoms with Crippen LogP contribution in [0, 0.1) is 19.8 Å². The van der Waals surface area contributed by atoms with Crippen LogP contribution in [-0.2, 0) is 14.8 Å². The fraction of sp³-hybridized carbons (Fsp3) is 0.435. The van der Waals surface area contributed by atoms with Gasteiger partial charge in [-0.15, -0.1) is 0 Å². The molecule has 0 spiro atoms. The number of thioether (sulfide) groups is 1. The van der Waals surface area contributed by atoms with Crippen molar-refractivity contribution in [2.45, 2.75) is 49.8 Å². The Labute approximate surface area is 183 Å². The van der Waals surface area contributed by atoms with Crippen molar-refractivity contribution >= 4 is 27.8 Å². The Morgan fingerprint density at radius 2 is 1.80 bits per heavy atom. The average Bonchev–Trinajstić information content (AvgIpc) is 2.72. The molecule has 2 aromatic carbocycles. The molecule has 2 aromatic rings. The highest BCUT2D eigenvalue weighted by Crippen LogP contribution is 2.42. The van der Waals surface area contributed by atoms with E-state index in [0.717, 1.165) is 23.3 Å². The molecular formula is C23H29NO4S2. The van der Waals surface area contributed by atoms with E-state index in [4.69, 9.17) is 0 Å². The first-order valence-electron chi connectivity index (χ1n) is 10.2. The van der Waals surface area contributed by atoms with Gasteiger partial charge >= 0.3 is 5.97 Å². The molecule has 162 valence electrons. The molecule has 1 N–H and O–H groups in total. The molecule has 0 bridgehead atoms. The van der Waals surface area contributed by atoms with Crippen molar-refractivity contribution in [3.05, 3.63) is 65.2 Å². The van der Waals surface area contributed by atoms with Gasteiger partial charge in [-0.25, -0.2) is 8.42 Å². The van der Waals surface area contributed by atoms with Gasteiger partial charge in [-0.05, 0) is 49.6 Å². The molecule has 1 fully saturated rings. The molecule has 1 heterocycles. The lowest BCUT2D eigenvalue weighted by Gasteiger charge is -2.42. The van der Waals surface area contributed by atoms with Gasteiger partial charge in [0, 0.05) is 11.8 Å². The highest BCUT2D eigenvalue weighted by Gasteiger charge is 2.45. The molecule has 3 atom stereocenters. The van der Waals surface area contributed by atoms with Crippen LogP contribution < -0.4 is 0 Å². The average molecular weight is 448 g/mol. The van der Waals surface area contributed by atoms with E-state index in [2.05, 4.69) is 6.92 Å². The molecule has 0 aromatic heterocycles. The van der Waals surface area contributed by atoms with E-state index in [9.17, 15) is 18.3 Å². The highest BCUT2D eigenvalue weighted by molar-refractivity contribution is 7.99. The molecule has 0 saturated carbocycles. The number of nitrogens with zero attached hydrogens (tertiary/aromatic N) is 1. The third-order valence-corrected chi connectivity index (χ3v) is 9.25. The molecule has 5 nitrogen and oxygen atoms in total. The number of piperidine rings is 1. The number of carboxylic acid groups (broad SMARTS) is 1. The summed E-state index contributed by atoms with van der Waals surface area (Å²) in [6, 6.07) is 14.4. The topological polar surface area (TPSA) is 74.7 Å². The first-order chi connectivity index (χ1) is 14.3. The summed E-state index contributed by atoms with van der Waals surface area (Å²) in [5.74, 6) is -0.808. The van der Waals surface area contributed by atoms with Crippen LogP contribution in [0.15, 0.2) is 53.4 Å². The minimum absolute atomic E-state index is 0.0219. The van der Waals surface area contributed by atoms with E-state index in [1.807, 2.05) is 31.2 Å². The zero-order valence-electron chi connectivity index (χ0n) is 17.6. The zero-order valence-corrected chi connectivity index (χ0v) is 19.2. The van der Waals surface area contributed by atoms with Crippen molar-refractivity contribution < 1.29 is 18.3 Å². The number of benzene rings is 2. The number of hydrogen-bond donors (Lipinski definition) is 1. The Hall–Kier alpha value is -1.83. The number of aryl methyl sites for hydroxylation is 2. The zero-order chi connectivity index (χ0) is 21.9. The number of sulfonamides is 1. The minimum atomic E-state index is -3.85. The van der Waals surface area contributed by atoms with Crippen molar-refractivity contribution in [1.82, 2.24) is 4.31 Å². The Bertz CT molecular complexity index is 989. The molecule has 1 aliphatic rings. The summed E-state index contributed by atoms with van der Waals surface area (Å²) in [4.78, 5) is 12.3. The first-order valence-corrected chi connectivity index (χ1v) is 12.7. The standard InChI is InChI=1S/C23H29NO4S2/c1-4-13-29-21-14-20(18-11-9-16(2)10-12-18)24(15-19(21)23(25)26)30(27,28)22-8-6-5-7-17(22)3/h5-12,19-21H,4,13-15H2,1-3H3,(H,25,26)/t19-,20+,21-/m1/s1. The van der Waals surface area contributed by atoms with E-state index in [1.54, 1.807) is 43.0 Å². The summed E-state index contributed by atoms with van der Waals surface area (Å²) in [7, 11) is -3.85. The van der Waals surface area contributed by atoms with Crippen LogP contribution in [0.1, 0.15) is 42.5 Å². The lowest BCUT2D eigenvalue weighted by atomic mass is 9.90. The van der Waals surface area contributed by atoms with Crippen LogP contribution in [0.5, 0.6) is 0 Å². The Morgan fingerprint density at radius 1 is 1.13 bits per heavy atom. The molecule has 1 saturated heterocycles. The quantitative estimate of drug-likeness (QED) is 0.669. The molecule has 0 amide bonds. The number of aliphatic carboxylic acids is 1. The summed E-state index contributed by atoms with van der Waals surface area (Å²) in [6.45, 7) is 5.81. The van der Waals surface area contributed by atoms with Gasteiger partial charge in [0.25, 0.3) is 0 Å². The lowest BCUT2D eigenvalue weighted by molar-refractivity contribution is -0.143. The highest BCUT2D eigenvalue weighted by atomic mass is 32.2. The van der Waals surface area contributed by atoms with E-state index in [0.29, 0.717) is 12.0 Å². The van der Waals surface area contributed by atoms with Crippen LogP contribution in [0.2, 0.25) is 0 Å². The van der Waals surface area contributed by atoms with Crippen LogP contribution in [0.4, 0.5) is 0 Å². The molecule has 7 heteroatoms. The van der Waals surface area contributed by atoms with Gasteiger partial charge in [0.05, 0.1) is 16.9 Å². The molecule has 0 unspecified atom stereocenters. The molecule has 0 aliphatic carbocycles. The third-order valence-electron chi connectivity index (χ3n) is 5.62. The molecule has 0 radical (unpaired) electrons. The monoisotopic (exact) mass is 447 g/mol. The largest absolute Gasteiger partial charge is 0.481 e. The van der Waals surface area contributed by atoms with Crippen LogP contribution in [0.3, 0.4) is 0 Å². The van der Waals surface area contributed by atoms with Crippen molar-refractivity contribution in [3.63, 3.8) is 0 Å². The van der Waals surface area contributed by atoms with Gasteiger partial charge in [0.1, 0.15) is 0 Å². The van der Waals surface area contributed by atoms with Crippen molar-refractivity contribution in [2.24, 2.45) is 5.92 Å². The van der Waals surface area contributed by atoms with Gasteiger partial charge in [0.15, 0.2) is 0 Å². The van der Waals surface area contributed by atoms with Gasteiger partial charge in [0.2, 0.25) is 10.0 Å². The van der Waals surface area contributed by atoms with E-state index < -0.39 is 21.9 Å². The lowest BCUT2D eigenvalue weighted by Crippen LogP contribution is -2.49. The minimum Gasteiger partial charge on any atom is -0.481 e. The fourth-order valence-electron chi connectivity index (χ4n) is 3.96. The Balaban J connectivity index is 2.07. The molecule has 30 heavy (non-hydrogen) atoms. The van der Waals surface area contributed by atoms with E-state index >= 15 is 0 Å². The normalized spacial score (nSPS) is 22.7. The summed E-state index contributed by atoms with van der Waals surface area (Å²) in [5.41, 5.74) is 2.67. The summed E-state index contributed by atoms with van der Waals surface area (Å²) >= 11 is 1.64. The smallest absolute Gasteiger partial charge is 0.308 e. The maximum absolute atomic E-state index is 13.7. The summed E-state index contributed by atoms with van der Waals surface area (Å²) < 4.78 is 28.8. The van der Waals surface area contributed by atoms with Gasteiger partial charge in [-0.2, -0.15) is 16.1 Å². The van der Waals surface area contributed by atoms with Crippen LogP contribution in [-0.4, -0.2) is 41.3 Å². The second-order valence-corrected chi connectivity index (χ2v) is 11.1. The van der Waals surface area contributed by atoms with E-state index in [1.165, 1.54) is 4.31 Å².